The molecule has 0 amide bonds. The van der Waals surface area contributed by atoms with Crippen LogP contribution in [0.4, 0.5) is 5.82 Å². The van der Waals surface area contributed by atoms with Crippen LogP contribution in [0.25, 0.3) is 11.4 Å². The monoisotopic (exact) mass is 153 g/mol. The number of anilines is 1. The van der Waals surface area contributed by atoms with Crippen molar-refractivity contribution in [3.63, 3.8) is 0 Å². The van der Waals surface area contributed by atoms with Crippen LogP contribution in [0.3, 0.4) is 0 Å². The molecule has 0 aromatic carbocycles. The fourth-order valence-electron chi connectivity index (χ4n) is 0.642. The van der Waals surface area contributed by atoms with Crippen molar-refractivity contribution >= 4 is 5.82 Å². The van der Waals surface area contributed by atoms with Crippen molar-refractivity contribution in [2.75, 3.05) is 5.73 Å². The first kappa shape index (κ1) is 5.83. The molecule has 0 aliphatic heterocycles. The number of hydrogen-bond donors (Lipinski definition) is 1. The van der Waals surface area contributed by atoms with Crippen LogP contribution in [-0.2, 0) is 0 Å². The van der Waals surface area contributed by atoms with Gasteiger partial charge in [0, 0.05) is 0 Å². The van der Waals surface area contributed by atoms with Gasteiger partial charge in [0.05, 0.1) is 0 Å². The van der Waals surface area contributed by atoms with E-state index >= 15 is 0 Å². The summed E-state index contributed by atoms with van der Waals surface area (Å²) >= 11 is 0. The summed E-state index contributed by atoms with van der Waals surface area (Å²) in [5, 5.41) is 13.7. The number of nitrogens with two attached hydrogens (primary N) is 1. The van der Waals surface area contributed by atoms with E-state index in [2.05, 4.69) is 29.9 Å². The predicted molar refractivity (Wildman–Crippen MR) is 32.0 cm³/mol. The second kappa shape index (κ2) is 2.04. The van der Waals surface area contributed by atoms with Gasteiger partial charge in [-0.15, -0.1) is 0 Å². The first-order chi connectivity index (χ1) is 5.38. The van der Waals surface area contributed by atoms with Gasteiger partial charge in [0.2, 0.25) is 0 Å². The Bertz CT molecular complexity index is 339. The third-order valence-electron chi connectivity index (χ3n) is 1.12. The number of nitrogen functional groups attached to an aromatic ring is 1. The van der Waals surface area contributed by atoms with E-state index in [1.165, 1.54) is 6.20 Å². The molecule has 0 spiro atoms. The molecule has 2 N–H and O–H groups in total. The summed E-state index contributed by atoms with van der Waals surface area (Å²) in [6, 6.07) is 0. The minimum absolute atomic E-state index is 0.167. The van der Waals surface area contributed by atoms with Crippen molar-refractivity contribution in [1.82, 2.24) is 20.6 Å². The SMILES string of the molecule is Nc1nonc1-c1cnon1. The molecular weight excluding hydrogens is 150 g/mol. The molecule has 7 nitrogen and oxygen atoms in total. The molecule has 2 aromatic rings. The highest BCUT2D eigenvalue weighted by Crippen LogP contribution is 2.17. The second-order valence-corrected chi connectivity index (χ2v) is 1.79. The van der Waals surface area contributed by atoms with Gasteiger partial charge in [0.15, 0.2) is 17.2 Å². The third kappa shape index (κ3) is 0.820. The zero-order valence-corrected chi connectivity index (χ0v) is 5.26. The minimum Gasteiger partial charge on any atom is -0.379 e. The normalized spacial score (nSPS) is 10.2. The van der Waals surface area contributed by atoms with E-state index in [1.807, 2.05) is 0 Å². The van der Waals surface area contributed by atoms with Gasteiger partial charge >= 0.3 is 0 Å². The van der Waals surface area contributed by atoms with Gasteiger partial charge in [-0.1, -0.05) is 5.16 Å². The average molecular weight is 153 g/mol. The average Bonchev–Trinajstić information content (AvgIpc) is 2.55. The summed E-state index contributed by atoms with van der Waals surface area (Å²) < 4.78 is 8.66. The second-order valence-electron chi connectivity index (χ2n) is 1.79. The predicted octanol–water partition coefficient (Wildman–Crippen LogP) is -0.298. The van der Waals surface area contributed by atoms with E-state index in [4.69, 9.17) is 5.73 Å². The molecule has 0 atom stereocenters. The van der Waals surface area contributed by atoms with Crippen molar-refractivity contribution < 1.29 is 9.26 Å². The molecule has 0 bridgehead atoms. The van der Waals surface area contributed by atoms with Crippen LogP contribution in [-0.4, -0.2) is 20.6 Å². The number of nitrogens with zero attached hydrogens (tertiary/aromatic N) is 4. The van der Waals surface area contributed by atoms with Crippen molar-refractivity contribution in [3.8, 4) is 11.4 Å². The Morgan fingerprint density at radius 3 is 2.64 bits per heavy atom. The molecular formula is C4H3N5O2. The van der Waals surface area contributed by atoms with Gasteiger partial charge in [0.1, 0.15) is 6.20 Å². The summed E-state index contributed by atoms with van der Waals surface area (Å²) in [6.45, 7) is 0. The number of hydrogen-bond acceptors (Lipinski definition) is 7. The zero-order chi connectivity index (χ0) is 7.68. The Balaban J connectivity index is 2.53. The minimum atomic E-state index is 0.167. The van der Waals surface area contributed by atoms with E-state index in [-0.39, 0.29) is 5.82 Å². The highest BCUT2D eigenvalue weighted by molar-refractivity contribution is 5.63. The lowest BCUT2D eigenvalue weighted by Gasteiger charge is -1.81. The van der Waals surface area contributed by atoms with Gasteiger partial charge in [-0.3, -0.25) is 0 Å². The molecule has 0 radical (unpaired) electrons. The van der Waals surface area contributed by atoms with E-state index in [1.54, 1.807) is 0 Å². The van der Waals surface area contributed by atoms with Gasteiger partial charge in [-0.2, -0.15) is 0 Å². The quantitative estimate of drug-likeness (QED) is 0.599. The molecule has 56 valence electrons. The highest BCUT2D eigenvalue weighted by Gasteiger charge is 2.11. The lowest BCUT2D eigenvalue weighted by Crippen LogP contribution is -1.87. The zero-order valence-electron chi connectivity index (χ0n) is 5.26. The van der Waals surface area contributed by atoms with Crippen LogP contribution in [0.2, 0.25) is 0 Å². The van der Waals surface area contributed by atoms with Crippen LogP contribution in [0.15, 0.2) is 15.5 Å². The largest absolute Gasteiger partial charge is 0.379 e. The smallest absolute Gasteiger partial charge is 0.198 e. The Hall–Kier alpha value is -1.92. The molecule has 2 aromatic heterocycles. The topological polar surface area (TPSA) is 104 Å². The molecule has 2 rings (SSSR count). The first-order valence-electron chi connectivity index (χ1n) is 2.74. The Morgan fingerprint density at radius 2 is 2.09 bits per heavy atom. The van der Waals surface area contributed by atoms with Crippen molar-refractivity contribution in [2.24, 2.45) is 0 Å². The lowest BCUT2D eigenvalue weighted by molar-refractivity contribution is 0.304. The molecule has 0 aliphatic carbocycles. The molecule has 0 unspecified atom stereocenters. The Morgan fingerprint density at radius 1 is 1.18 bits per heavy atom. The third-order valence-corrected chi connectivity index (χ3v) is 1.12. The van der Waals surface area contributed by atoms with Gasteiger partial charge in [-0.05, 0) is 15.5 Å². The number of rotatable bonds is 1. The molecule has 0 saturated carbocycles. The summed E-state index contributed by atoms with van der Waals surface area (Å²) in [7, 11) is 0. The first-order valence-corrected chi connectivity index (χ1v) is 2.74. The molecule has 0 fully saturated rings. The fourth-order valence-corrected chi connectivity index (χ4v) is 0.642. The molecule has 2 heterocycles. The van der Waals surface area contributed by atoms with Crippen molar-refractivity contribution in [3.05, 3.63) is 6.20 Å². The van der Waals surface area contributed by atoms with Gasteiger partial charge in [0.25, 0.3) is 0 Å². The highest BCUT2D eigenvalue weighted by atomic mass is 16.6. The van der Waals surface area contributed by atoms with Crippen molar-refractivity contribution in [2.45, 2.75) is 0 Å². The summed E-state index contributed by atoms with van der Waals surface area (Å²) in [6.07, 6.45) is 1.37. The maximum Gasteiger partial charge on any atom is 0.198 e. The van der Waals surface area contributed by atoms with E-state index in [0.717, 1.165) is 0 Å². The Labute approximate surface area is 60.1 Å². The summed E-state index contributed by atoms with van der Waals surface area (Å²) in [5.74, 6) is 0.167. The lowest BCUT2D eigenvalue weighted by atomic mass is 10.3. The maximum absolute atomic E-state index is 5.35. The fraction of sp³-hybridized carbons (Fsp3) is 0. The Kier molecular flexibility index (Phi) is 1.08. The van der Waals surface area contributed by atoms with Crippen LogP contribution in [0, 0.1) is 0 Å². The van der Waals surface area contributed by atoms with E-state index in [0.29, 0.717) is 11.4 Å². The molecule has 0 aliphatic rings. The van der Waals surface area contributed by atoms with Crippen LogP contribution >= 0.6 is 0 Å². The molecule has 0 saturated heterocycles. The summed E-state index contributed by atoms with van der Waals surface area (Å²) in [5.41, 5.74) is 6.10. The van der Waals surface area contributed by atoms with E-state index < -0.39 is 0 Å². The number of aromatic nitrogens is 4. The molecule has 7 heteroatoms. The van der Waals surface area contributed by atoms with Crippen LogP contribution in [0.1, 0.15) is 0 Å². The van der Waals surface area contributed by atoms with E-state index in [9.17, 15) is 0 Å². The maximum atomic E-state index is 5.35. The van der Waals surface area contributed by atoms with Crippen LogP contribution in [0.5, 0.6) is 0 Å². The van der Waals surface area contributed by atoms with Crippen LogP contribution < -0.4 is 5.73 Å². The van der Waals surface area contributed by atoms with Gasteiger partial charge in [-0.25, -0.2) is 9.26 Å². The summed E-state index contributed by atoms with van der Waals surface area (Å²) in [4.78, 5) is 0. The van der Waals surface area contributed by atoms with Crippen molar-refractivity contribution in [1.29, 1.82) is 0 Å². The van der Waals surface area contributed by atoms with Gasteiger partial charge < -0.3 is 5.73 Å². The standard InChI is InChI=1S/C4H3N5O2/c5-4-3(8-11-9-4)2-1-6-10-7-2/h1H,(H2,5,9). The molecule has 11 heavy (non-hydrogen) atoms.